The number of nitriles is 1. The molecule has 8 heteroatoms. The lowest BCUT2D eigenvalue weighted by Gasteiger charge is -2.14. The minimum Gasteiger partial charge on any atom is -0.359 e. The fourth-order valence-electron chi connectivity index (χ4n) is 2.81. The van der Waals surface area contributed by atoms with Crippen LogP contribution in [0.1, 0.15) is 37.4 Å². The van der Waals surface area contributed by atoms with E-state index in [4.69, 9.17) is 5.26 Å². The number of hydrogen-bond donors (Lipinski definition) is 2. The number of nitrogens with zero attached hydrogens (tertiary/aromatic N) is 5. The molecule has 8 nitrogen and oxygen atoms in total. The topological polar surface area (TPSA) is 112 Å². The summed E-state index contributed by atoms with van der Waals surface area (Å²) in [5.74, 6) is 0.951. The van der Waals surface area contributed by atoms with Gasteiger partial charge in [0, 0.05) is 25.1 Å². The summed E-state index contributed by atoms with van der Waals surface area (Å²) < 4.78 is 1.99. The van der Waals surface area contributed by atoms with Gasteiger partial charge >= 0.3 is 0 Å². The van der Waals surface area contributed by atoms with Crippen molar-refractivity contribution < 1.29 is 4.79 Å². The molecule has 2 N–H and O–H groups in total. The lowest BCUT2D eigenvalue weighted by molar-refractivity contribution is -0.109. The molecule has 1 unspecified atom stereocenters. The van der Waals surface area contributed by atoms with E-state index in [2.05, 4.69) is 31.6 Å². The molecule has 118 valence electrons. The highest BCUT2D eigenvalue weighted by Crippen LogP contribution is 2.27. The van der Waals surface area contributed by atoms with E-state index in [1.165, 1.54) is 0 Å². The fraction of sp³-hybridized carbons (Fsp3) is 0.400. The van der Waals surface area contributed by atoms with Crippen LogP contribution in [0.25, 0.3) is 16.8 Å². The number of carbonyl (C=O) groups is 1. The lowest BCUT2D eigenvalue weighted by Crippen LogP contribution is -2.14. The van der Waals surface area contributed by atoms with E-state index in [-0.39, 0.29) is 5.92 Å². The Morgan fingerprint density at radius 2 is 2.35 bits per heavy atom. The molecule has 1 amide bonds. The molecule has 3 aromatic rings. The maximum atomic E-state index is 10.4. The number of aromatic nitrogens is 5. The van der Waals surface area contributed by atoms with Gasteiger partial charge in [-0.25, -0.2) is 4.98 Å². The summed E-state index contributed by atoms with van der Waals surface area (Å²) in [5, 5.41) is 20.1. The normalized spacial score (nSPS) is 12.3. The average molecular weight is 311 g/mol. The van der Waals surface area contributed by atoms with Crippen molar-refractivity contribution in [3.05, 3.63) is 24.3 Å². The van der Waals surface area contributed by atoms with E-state index in [9.17, 15) is 4.79 Å². The van der Waals surface area contributed by atoms with Crippen LogP contribution in [0.2, 0.25) is 0 Å². The van der Waals surface area contributed by atoms with Gasteiger partial charge in [0.1, 0.15) is 5.82 Å². The largest absolute Gasteiger partial charge is 0.359 e. The fourth-order valence-corrected chi connectivity index (χ4v) is 2.81. The van der Waals surface area contributed by atoms with Crippen molar-refractivity contribution in [3.8, 4) is 6.07 Å². The van der Waals surface area contributed by atoms with Gasteiger partial charge in [0.2, 0.25) is 6.41 Å². The Labute approximate surface area is 132 Å². The van der Waals surface area contributed by atoms with E-state index in [1.807, 2.05) is 16.7 Å². The van der Waals surface area contributed by atoms with Crippen LogP contribution in [0.5, 0.6) is 0 Å². The Kier molecular flexibility index (Phi) is 4.47. The van der Waals surface area contributed by atoms with E-state index < -0.39 is 0 Å². The zero-order valence-corrected chi connectivity index (χ0v) is 12.6. The van der Waals surface area contributed by atoms with Gasteiger partial charge in [-0.15, -0.1) is 10.2 Å². The molecule has 1 atom stereocenters. The van der Waals surface area contributed by atoms with E-state index in [0.717, 1.165) is 29.8 Å². The highest BCUT2D eigenvalue weighted by atomic mass is 16.1. The van der Waals surface area contributed by atoms with Crippen molar-refractivity contribution in [2.45, 2.75) is 31.6 Å². The quantitative estimate of drug-likeness (QED) is 0.484. The van der Waals surface area contributed by atoms with Crippen LogP contribution in [-0.2, 0) is 4.79 Å². The molecular formula is C15H17N7O. The van der Waals surface area contributed by atoms with Crippen LogP contribution < -0.4 is 5.32 Å². The van der Waals surface area contributed by atoms with Crippen molar-refractivity contribution in [1.29, 1.82) is 5.26 Å². The maximum Gasteiger partial charge on any atom is 0.207 e. The summed E-state index contributed by atoms with van der Waals surface area (Å²) >= 11 is 0. The van der Waals surface area contributed by atoms with Crippen molar-refractivity contribution in [2.24, 2.45) is 0 Å². The van der Waals surface area contributed by atoms with E-state index in [1.54, 1.807) is 6.20 Å². The van der Waals surface area contributed by atoms with Gasteiger partial charge in [0.15, 0.2) is 11.3 Å². The first-order chi connectivity index (χ1) is 11.3. The summed E-state index contributed by atoms with van der Waals surface area (Å²) in [5.41, 5.74) is 2.40. The second-order valence-electron chi connectivity index (χ2n) is 5.33. The second-order valence-corrected chi connectivity index (χ2v) is 5.33. The molecule has 0 aliphatic heterocycles. The third-order valence-electron chi connectivity index (χ3n) is 3.89. The van der Waals surface area contributed by atoms with Crippen molar-refractivity contribution in [3.63, 3.8) is 0 Å². The summed E-state index contributed by atoms with van der Waals surface area (Å²) in [6.45, 7) is 0.615. The number of rotatable bonds is 8. The smallest absolute Gasteiger partial charge is 0.207 e. The molecule has 3 rings (SSSR count). The Balaban J connectivity index is 1.94. The number of aromatic amines is 1. The molecule has 0 bridgehead atoms. The highest BCUT2D eigenvalue weighted by Gasteiger charge is 2.19. The number of carbonyl (C=O) groups excluding carboxylic acids is 1. The van der Waals surface area contributed by atoms with Crippen LogP contribution in [-0.4, -0.2) is 37.5 Å². The van der Waals surface area contributed by atoms with Gasteiger partial charge in [0.25, 0.3) is 0 Å². The Bertz CT molecular complexity index is 844. The minimum atomic E-state index is 0.110. The van der Waals surface area contributed by atoms with Crippen molar-refractivity contribution in [1.82, 2.24) is 29.9 Å². The predicted molar refractivity (Wildman–Crippen MR) is 83.5 cm³/mol. The molecular weight excluding hydrogens is 294 g/mol. The predicted octanol–water partition coefficient (Wildman–Crippen LogP) is 1.52. The third-order valence-corrected chi connectivity index (χ3v) is 3.89. The van der Waals surface area contributed by atoms with Crippen LogP contribution in [0.4, 0.5) is 0 Å². The maximum absolute atomic E-state index is 10.4. The molecule has 0 aliphatic carbocycles. The van der Waals surface area contributed by atoms with Crippen LogP contribution in [0.15, 0.2) is 18.5 Å². The van der Waals surface area contributed by atoms with Gasteiger partial charge in [0.05, 0.1) is 17.8 Å². The zero-order chi connectivity index (χ0) is 16.1. The average Bonchev–Trinajstić information content (AvgIpc) is 3.20. The van der Waals surface area contributed by atoms with Crippen molar-refractivity contribution in [2.75, 3.05) is 6.54 Å². The standard InChI is InChI=1S/C15H17N7O/c16-6-1-3-11(4-2-7-17-10-23)15-21-20-13-9-19-14-12(22(13)15)5-8-18-14/h5,8-11,18H,1-4,7H2,(H,17,23). The molecule has 0 aliphatic rings. The molecule has 3 heterocycles. The molecule has 0 saturated carbocycles. The lowest BCUT2D eigenvalue weighted by atomic mass is 9.97. The van der Waals surface area contributed by atoms with E-state index in [0.29, 0.717) is 31.4 Å². The van der Waals surface area contributed by atoms with Gasteiger partial charge in [-0.2, -0.15) is 5.26 Å². The van der Waals surface area contributed by atoms with Gasteiger partial charge in [-0.3, -0.25) is 9.20 Å². The molecule has 0 saturated heterocycles. The number of nitrogens with one attached hydrogen (secondary N) is 2. The molecule has 3 aromatic heterocycles. The van der Waals surface area contributed by atoms with E-state index >= 15 is 0 Å². The molecule has 0 spiro atoms. The Hall–Kier alpha value is -2.95. The van der Waals surface area contributed by atoms with Crippen LogP contribution in [0, 0.1) is 11.3 Å². The first-order valence-corrected chi connectivity index (χ1v) is 7.56. The Morgan fingerprint density at radius 3 is 3.17 bits per heavy atom. The van der Waals surface area contributed by atoms with Gasteiger partial charge < -0.3 is 10.3 Å². The number of hydrogen-bond acceptors (Lipinski definition) is 5. The molecule has 23 heavy (non-hydrogen) atoms. The highest BCUT2D eigenvalue weighted by molar-refractivity contribution is 5.74. The Morgan fingerprint density at radius 1 is 1.43 bits per heavy atom. The molecule has 0 fully saturated rings. The molecule has 0 radical (unpaired) electrons. The van der Waals surface area contributed by atoms with Gasteiger partial charge in [-0.05, 0) is 25.3 Å². The summed E-state index contributed by atoms with van der Waals surface area (Å²) in [6.07, 6.45) is 7.05. The summed E-state index contributed by atoms with van der Waals surface area (Å²) in [4.78, 5) is 17.7. The first kappa shape index (κ1) is 15.0. The summed E-state index contributed by atoms with van der Waals surface area (Å²) in [7, 11) is 0. The third kappa shape index (κ3) is 2.99. The zero-order valence-electron chi connectivity index (χ0n) is 12.6. The van der Waals surface area contributed by atoms with Gasteiger partial charge in [-0.1, -0.05) is 0 Å². The van der Waals surface area contributed by atoms with Crippen LogP contribution in [0.3, 0.4) is 0 Å². The SMILES string of the molecule is N#CCCC(CCCNC=O)c1nnc2cnc3[nH]ccc3n12. The minimum absolute atomic E-state index is 0.110. The number of H-pyrrole nitrogens is 1. The molecule has 0 aromatic carbocycles. The number of amides is 1. The first-order valence-electron chi connectivity index (χ1n) is 7.56. The summed E-state index contributed by atoms with van der Waals surface area (Å²) in [6, 6.07) is 4.14. The number of fused-ring (bicyclic) bond motifs is 3. The van der Waals surface area contributed by atoms with Crippen LogP contribution >= 0.6 is 0 Å². The monoisotopic (exact) mass is 311 g/mol. The van der Waals surface area contributed by atoms with Crippen molar-refractivity contribution >= 4 is 23.2 Å². The second kappa shape index (κ2) is 6.87.